The van der Waals surface area contributed by atoms with Crippen LogP contribution in [-0.2, 0) is 4.79 Å². The van der Waals surface area contributed by atoms with Crippen molar-refractivity contribution in [2.24, 2.45) is 11.7 Å². The lowest BCUT2D eigenvalue weighted by molar-refractivity contribution is -0.163. The molecule has 0 aliphatic rings. The second kappa shape index (κ2) is 6.73. The van der Waals surface area contributed by atoms with Gasteiger partial charge in [0.25, 0.3) is 0 Å². The molecule has 0 radical (unpaired) electrons. The molecule has 1 atom stereocenters. The second-order valence-corrected chi connectivity index (χ2v) is 3.85. The highest BCUT2D eigenvalue weighted by molar-refractivity contribution is 5.78. The molecule has 0 aromatic heterocycles. The largest absolute Gasteiger partial charge is 0.406 e. The van der Waals surface area contributed by atoms with Gasteiger partial charge in [0.1, 0.15) is 6.54 Å². The summed E-state index contributed by atoms with van der Waals surface area (Å²) in [5.41, 5.74) is 5.20. The fourth-order valence-electron chi connectivity index (χ4n) is 1.51. The lowest BCUT2D eigenvalue weighted by Gasteiger charge is -2.26. The van der Waals surface area contributed by atoms with E-state index in [2.05, 4.69) is 0 Å². The molecule has 0 heterocycles. The van der Waals surface area contributed by atoms with Crippen molar-refractivity contribution in [3.63, 3.8) is 0 Å². The lowest BCUT2D eigenvalue weighted by atomic mass is 10.0. The molecule has 0 saturated heterocycles. The fourth-order valence-corrected chi connectivity index (χ4v) is 1.51. The zero-order chi connectivity index (χ0) is 12.8. The second-order valence-electron chi connectivity index (χ2n) is 3.85. The minimum absolute atomic E-state index is 0.0423. The standard InChI is InChI=1S/C10H19F3N2O/c1-3-4-8(2)9(16)15(6-5-14)7-10(11,12)13/h8H,3-7,14H2,1-2H3. The molecule has 0 spiro atoms. The minimum Gasteiger partial charge on any atom is -0.332 e. The number of hydrogen-bond donors (Lipinski definition) is 1. The van der Waals surface area contributed by atoms with Crippen molar-refractivity contribution >= 4 is 5.91 Å². The van der Waals surface area contributed by atoms with Crippen molar-refractivity contribution in [1.82, 2.24) is 4.90 Å². The van der Waals surface area contributed by atoms with Gasteiger partial charge in [-0.05, 0) is 6.42 Å². The zero-order valence-corrected chi connectivity index (χ0v) is 9.68. The molecule has 16 heavy (non-hydrogen) atoms. The summed E-state index contributed by atoms with van der Waals surface area (Å²) in [6.07, 6.45) is -3.00. The zero-order valence-electron chi connectivity index (χ0n) is 9.68. The van der Waals surface area contributed by atoms with Crippen LogP contribution >= 0.6 is 0 Å². The van der Waals surface area contributed by atoms with Crippen LogP contribution in [0.1, 0.15) is 26.7 Å². The number of carbonyl (C=O) groups excluding carboxylic acids is 1. The van der Waals surface area contributed by atoms with E-state index in [1.165, 1.54) is 0 Å². The van der Waals surface area contributed by atoms with Crippen LogP contribution in [0.25, 0.3) is 0 Å². The average Bonchev–Trinajstić information content (AvgIpc) is 2.14. The molecule has 0 aliphatic heterocycles. The Morgan fingerprint density at radius 2 is 2.00 bits per heavy atom. The molecule has 1 unspecified atom stereocenters. The van der Waals surface area contributed by atoms with Gasteiger partial charge in [0, 0.05) is 19.0 Å². The summed E-state index contributed by atoms with van der Waals surface area (Å²) < 4.78 is 36.6. The Kier molecular flexibility index (Phi) is 6.40. The molecule has 0 rings (SSSR count). The van der Waals surface area contributed by atoms with Gasteiger partial charge in [0.2, 0.25) is 5.91 Å². The van der Waals surface area contributed by atoms with Crippen LogP contribution < -0.4 is 5.73 Å². The molecular weight excluding hydrogens is 221 g/mol. The minimum atomic E-state index is -4.36. The maximum absolute atomic E-state index is 12.2. The summed E-state index contributed by atoms with van der Waals surface area (Å²) in [5, 5.41) is 0. The molecule has 6 heteroatoms. The number of rotatable bonds is 6. The molecule has 3 nitrogen and oxygen atoms in total. The van der Waals surface area contributed by atoms with Gasteiger partial charge in [0.05, 0.1) is 0 Å². The average molecular weight is 240 g/mol. The third-order valence-corrected chi connectivity index (χ3v) is 2.22. The predicted octanol–water partition coefficient (Wildman–Crippen LogP) is 1.77. The van der Waals surface area contributed by atoms with E-state index in [1.807, 2.05) is 6.92 Å². The molecule has 2 N–H and O–H groups in total. The molecule has 0 fully saturated rings. The first-order valence-corrected chi connectivity index (χ1v) is 5.37. The molecule has 0 saturated carbocycles. The van der Waals surface area contributed by atoms with Gasteiger partial charge >= 0.3 is 6.18 Å². The van der Waals surface area contributed by atoms with Crippen molar-refractivity contribution in [2.45, 2.75) is 32.9 Å². The first kappa shape index (κ1) is 15.2. The molecule has 1 amide bonds. The third-order valence-electron chi connectivity index (χ3n) is 2.22. The van der Waals surface area contributed by atoms with Crippen LogP contribution in [0, 0.1) is 5.92 Å². The number of nitrogens with zero attached hydrogens (tertiary/aromatic N) is 1. The lowest BCUT2D eigenvalue weighted by Crippen LogP contribution is -2.44. The van der Waals surface area contributed by atoms with E-state index in [0.29, 0.717) is 6.42 Å². The number of carbonyl (C=O) groups is 1. The van der Waals surface area contributed by atoms with E-state index in [0.717, 1.165) is 11.3 Å². The van der Waals surface area contributed by atoms with E-state index in [1.54, 1.807) is 6.92 Å². The number of hydrogen-bond acceptors (Lipinski definition) is 2. The van der Waals surface area contributed by atoms with Gasteiger partial charge in [-0.1, -0.05) is 20.3 Å². The van der Waals surface area contributed by atoms with Gasteiger partial charge in [-0.15, -0.1) is 0 Å². The Labute approximate surface area is 93.8 Å². The van der Waals surface area contributed by atoms with E-state index in [9.17, 15) is 18.0 Å². The number of amides is 1. The number of halogens is 3. The highest BCUT2D eigenvalue weighted by atomic mass is 19.4. The van der Waals surface area contributed by atoms with E-state index in [-0.39, 0.29) is 19.0 Å². The molecular formula is C10H19F3N2O. The van der Waals surface area contributed by atoms with Gasteiger partial charge in [-0.2, -0.15) is 13.2 Å². The highest BCUT2D eigenvalue weighted by Gasteiger charge is 2.33. The van der Waals surface area contributed by atoms with Gasteiger partial charge in [-0.25, -0.2) is 0 Å². The monoisotopic (exact) mass is 240 g/mol. The third kappa shape index (κ3) is 5.95. The van der Waals surface area contributed by atoms with Crippen LogP contribution in [0.15, 0.2) is 0 Å². The number of alkyl halides is 3. The van der Waals surface area contributed by atoms with Crippen LogP contribution in [0.4, 0.5) is 13.2 Å². The Balaban J connectivity index is 4.46. The van der Waals surface area contributed by atoms with E-state index >= 15 is 0 Å². The Hall–Kier alpha value is -0.780. The van der Waals surface area contributed by atoms with Gasteiger partial charge in [0.15, 0.2) is 0 Å². The molecule has 0 aromatic rings. The quantitative estimate of drug-likeness (QED) is 0.769. The SMILES string of the molecule is CCCC(C)C(=O)N(CCN)CC(F)(F)F. The summed E-state index contributed by atoms with van der Waals surface area (Å²) >= 11 is 0. The first-order chi connectivity index (χ1) is 7.31. The normalized spacial score (nSPS) is 13.6. The molecule has 96 valence electrons. The van der Waals surface area contributed by atoms with Crippen molar-refractivity contribution in [3.8, 4) is 0 Å². The Bertz CT molecular complexity index is 219. The fraction of sp³-hybridized carbons (Fsp3) is 0.900. The van der Waals surface area contributed by atoms with Crippen LogP contribution in [0.2, 0.25) is 0 Å². The Morgan fingerprint density at radius 3 is 2.38 bits per heavy atom. The van der Waals surface area contributed by atoms with E-state index in [4.69, 9.17) is 5.73 Å². The van der Waals surface area contributed by atoms with Crippen LogP contribution in [-0.4, -0.2) is 36.6 Å². The summed E-state index contributed by atoms with van der Waals surface area (Å²) in [4.78, 5) is 12.5. The van der Waals surface area contributed by atoms with Gasteiger partial charge < -0.3 is 10.6 Å². The summed E-state index contributed by atoms with van der Waals surface area (Å²) in [5.74, 6) is -0.844. The van der Waals surface area contributed by atoms with E-state index < -0.39 is 18.6 Å². The number of nitrogens with two attached hydrogens (primary N) is 1. The highest BCUT2D eigenvalue weighted by Crippen LogP contribution is 2.18. The summed E-state index contributed by atoms with van der Waals surface area (Å²) in [6, 6.07) is 0. The topological polar surface area (TPSA) is 46.3 Å². The van der Waals surface area contributed by atoms with Crippen LogP contribution in [0.3, 0.4) is 0 Å². The Morgan fingerprint density at radius 1 is 1.44 bits per heavy atom. The smallest absolute Gasteiger partial charge is 0.332 e. The van der Waals surface area contributed by atoms with Crippen molar-refractivity contribution in [1.29, 1.82) is 0 Å². The van der Waals surface area contributed by atoms with Crippen molar-refractivity contribution < 1.29 is 18.0 Å². The van der Waals surface area contributed by atoms with Crippen LogP contribution in [0.5, 0.6) is 0 Å². The maximum Gasteiger partial charge on any atom is 0.406 e. The summed E-state index contributed by atoms with van der Waals surface area (Å²) in [7, 11) is 0. The van der Waals surface area contributed by atoms with Crippen molar-refractivity contribution in [2.75, 3.05) is 19.6 Å². The van der Waals surface area contributed by atoms with Crippen molar-refractivity contribution in [3.05, 3.63) is 0 Å². The summed E-state index contributed by atoms with van der Waals surface area (Å²) in [6.45, 7) is 2.32. The molecule has 0 aliphatic carbocycles. The predicted molar refractivity (Wildman–Crippen MR) is 55.8 cm³/mol. The molecule has 0 aromatic carbocycles. The van der Waals surface area contributed by atoms with Gasteiger partial charge in [-0.3, -0.25) is 4.79 Å². The maximum atomic E-state index is 12.2. The molecule has 0 bridgehead atoms. The first-order valence-electron chi connectivity index (χ1n) is 5.37.